The number of nitrogens with zero attached hydrogens (tertiary/aromatic N) is 1. The molecule has 41 heavy (non-hydrogen) atoms. The largest absolute Gasteiger partial charge is 0.354 e. The lowest BCUT2D eigenvalue weighted by atomic mass is 10.0. The van der Waals surface area contributed by atoms with Crippen molar-refractivity contribution in [3.8, 4) is 0 Å². The molecule has 0 saturated carbocycles. The van der Waals surface area contributed by atoms with Crippen LogP contribution in [0.3, 0.4) is 0 Å². The topological polar surface area (TPSA) is 185 Å². The lowest BCUT2D eigenvalue weighted by molar-refractivity contribution is -0.488. The Bertz CT molecular complexity index is 1110. The van der Waals surface area contributed by atoms with E-state index in [-0.39, 0.29) is 23.6 Å². The zero-order valence-electron chi connectivity index (χ0n) is 24.7. The van der Waals surface area contributed by atoms with Crippen LogP contribution in [0.25, 0.3) is 0 Å². The van der Waals surface area contributed by atoms with Crippen LogP contribution in [0.1, 0.15) is 77.8 Å². The molecule has 4 amide bonds. The van der Waals surface area contributed by atoms with Crippen LogP contribution in [0.5, 0.6) is 0 Å². The minimum absolute atomic E-state index is 0.0207. The average molecular weight is 572 g/mol. The van der Waals surface area contributed by atoms with Crippen LogP contribution in [0, 0.1) is 5.92 Å². The normalized spacial score (nSPS) is 26.1. The predicted molar refractivity (Wildman–Crippen MR) is 156 cm³/mol. The van der Waals surface area contributed by atoms with Crippen LogP contribution >= 0.6 is 0 Å². The number of hydrogen-bond donors (Lipinski definition) is 7. The Hall–Kier alpha value is -3.35. The van der Waals surface area contributed by atoms with Crippen molar-refractivity contribution >= 4 is 29.5 Å². The zero-order chi connectivity index (χ0) is 30.2. The van der Waals surface area contributed by atoms with Gasteiger partial charge in [0.25, 0.3) is 5.91 Å². The average Bonchev–Trinajstić information content (AvgIpc) is 3.52. The lowest BCUT2D eigenvalue weighted by Gasteiger charge is -2.23. The Morgan fingerprint density at radius 3 is 2.44 bits per heavy atom. The monoisotopic (exact) mass is 571 g/mol. The summed E-state index contributed by atoms with van der Waals surface area (Å²) in [4.78, 5) is 58.4. The second-order valence-corrected chi connectivity index (χ2v) is 11.3. The van der Waals surface area contributed by atoms with E-state index in [1.165, 1.54) is 0 Å². The highest BCUT2D eigenvalue weighted by Gasteiger charge is 2.69. The first kappa shape index (κ1) is 32.2. The number of hydrogen-bond acceptors (Lipinski definition) is 7. The standard InChI is InChI=1S/C29H46N8O4/c1-5-20-23(38)36-22(19-12-7-6-8-13-19)25(40)32-16-10-9-15-29(4)27(37(29)26(41)18(2)3)35-21(24(39)34-20)14-11-17-33-28(30)31/h6-8,12-13,18,20-22,28,33H,5,9-11,14-17,30-31H2,1-4H3,(H,32,40)(H,34,39)(H,36,38)/p+1/t20-,21-,22+,29+,37?/m1/s1. The lowest BCUT2D eigenvalue weighted by Crippen LogP contribution is -2.83. The second kappa shape index (κ2) is 14.5. The van der Waals surface area contributed by atoms with E-state index in [2.05, 4.69) is 26.3 Å². The molecule has 226 valence electrons. The van der Waals surface area contributed by atoms with E-state index in [0.717, 1.165) is 6.42 Å². The predicted octanol–water partition coefficient (Wildman–Crippen LogP) is -1.29. The molecular weight excluding hydrogens is 524 g/mol. The van der Waals surface area contributed by atoms with Crippen molar-refractivity contribution in [3.05, 3.63) is 35.9 Å². The van der Waals surface area contributed by atoms with Gasteiger partial charge in [0.1, 0.15) is 18.4 Å². The van der Waals surface area contributed by atoms with Gasteiger partial charge in [-0.25, -0.2) is 4.79 Å². The van der Waals surface area contributed by atoms with Gasteiger partial charge in [0.05, 0.1) is 5.92 Å². The summed E-state index contributed by atoms with van der Waals surface area (Å²) < 4.78 is 0. The van der Waals surface area contributed by atoms with Crippen LogP contribution in [0.15, 0.2) is 30.3 Å². The number of nitrogens with one attached hydrogen (secondary N) is 5. The van der Waals surface area contributed by atoms with E-state index in [1.54, 1.807) is 24.0 Å². The number of fused-ring (bicyclic) bond motifs is 1. The minimum Gasteiger partial charge on any atom is -0.354 e. The summed E-state index contributed by atoms with van der Waals surface area (Å²) in [5.41, 5.74) is 11.3. The molecular formula is C29H47N8O4+. The van der Waals surface area contributed by atoms with Gasteiger partial charge in [-0.15, -0.1) is 0 Å². The molecule has 1 saturated heterocycles. The van der Waals surface area contributed by atoms with Gasteiger partial charge in [0.2, 0.25) is 17.4 Å². The zero-order valence-corrected chi connectivity index (χ0v) is 24.7. The molecule has 2 aliphatic heterocycles. The van der Waals surface area contributed by atoms with Crippen LogP contribution in [0.2, 0.25) is 0 Å². The third-order valence-electron chi connectivity index (χ3n) is 7.68. The van der Waals surface area contributed by atoms with Crippen molar-refractivity contribution in [3.63, 3.8) is 0 Å². The summed E-state index contributed by atoms with van der Waals surface area (Å²) in [6, 6.07) is 6.57. The van der Waals surface area contributed by atoms with Crippen molar-refractivity contribution in [1.29, 1.82) is 0 Å². The van der Waals surface area contributed by atoms with Crippen LogP contribution < -0.4 is 37.7 Å². The number of carbonyl (C=O) groups is 4. The molecule has 4 atom stereocenters. The van der Waals surface area contributed by atoms with E-state index < -0.39 is 35.9 Å². The molecule has 12 heteroatoms. The van der Waals surface area contributed by atoms with Crippen molar-refractivity contribution in [2.75, 3.05) is 13.1 Å². The smallest absolute Gasteiger partial charge is 0.313 e. The first-order valence-electron chi connectivity index (χ1n) is 14.7. The molecule has 0 aromatic heterocycles. The molecule has 0 spiro atoms. The summed E-state index contributed by atoms with van der Waals surface area (Å²) in [5, 5.41) is 11.6. The molecule has 0 radical (unpaired) electrons. The van der Waals surface area contributed by atoms with Gasteiger partial charge in [-0.05, 0) is 51.1 Å². The van der Waals surface area contributed by atoms with Crippen molar-refractivity contribution in [1.82, 2.24) is 26.2 Å². The molecule has 12 nitrogen and oxygen atoms in total. The van der Waals surface area contributed by atoms with Crippen LogP contribution in [-0.2, 0) is 19.2 Å². The Morgan fingerprint density at radius 2 is 1.80 bits per heavy atom. The minimum atomic E-state index is -0.900. The molecule has 0 unspecified atom stereocenters. The molecule has 3 rings (SSSR count). The van der Waals surface area contributed by atoms with Crippen LogP contribution in [0.4, 0.5) is 0 Å². The van der Waals surface area contributed by atoms with E-state index >= 15 is 0 Å². The van der Waals surface area contributed by atoms with Gasteiger partial charge in [0, 0.05) is 13.0 Å². The summed E-state index contributed by atoms with van der Waals surface area (Å²) in [6.45, 7) is 8.42. The van der Waals surface area contributed by atoms with Crippen LogP contribution in [-0.4, -0.2) is 71.4 Å². The molecule has 1 fully saturated rings. The molecule has 0 bridgehead atoms. The Balaban J connectivity index is 1.92. The van der Waals surface area contributed by atoms with Crippen molar-refractivity contribution in [2.45, 2.75) is 96.2 Å². The molecule has 9 N–H and O–H groups in total. The summed E-state index contributed by atoms with van der Waals surface area (Å²) in [5.74, 6) is -0.662. The first-order valence-corrected chi connectivity index (χ1v) is 14.7. The molecule has 2 heterocycles. The number of amides is 4. The first-order chi connectivity index (χ1) is 19.5. The maximum atomic E-state index is 13.6. The highest BCUT2D eigenvalue weighted by atomic mass is 16.2. The van der Waals surface area contributed by atoms with Gasteiger partial charge in [-0.1, -0.05) is 51.1 Å². The molecule has 1 aromatic carbocycles. The number of amidine groups is 1. The molecule has 0 aliphatic carbocycles. The molecule has 2 aliphatic rings. The van der Waals surface area contributed by atoms with Gasteiger partial charge in [-0.3, -0.25) is 24.7 Å². The van der Waals surface area contributed by atoms with E-state index in [1.807, 2.05) is 39.0 Å². The highest BCUT2D eigenvalue weighted by molar-refractivity contribution is 6.15. The third kappa shape index (κ3) is 8.34. The fourth-order valence-corrected chi connectivity index (χ4v) is 5.16. The molecule has 1 aromatic rings. The summed E-state index contributed by atoms with van der Waals surface area (Å²) in [6.07, 6.45) is 2.78. The summed E-state index contributed by atoms with van der Waals surface area (Å²) >= 11 is 0. The number of rotatable bonds is 8. The van der Waals surface area contributed by atoms with Gasteiger partial charge >= 0.3 is 11.7 Å². The Morgan fingerprint density at radius 1 is 1.10 bits per heavy atom. The van der Waals surface area contributed by atoms with Gasteiger partial charge < -0.3 is 27.4 Å². The Labute approximate surface area is 242 Å². The maximum absolute atomic E-state index is 13.6. The van der Waals surface area contributed by atoms with Gasteiger partial charge in [-0.2, -0.15) is 4.90 Å². The second-order valence-electron chi connectivity index (χ2n) is 11.3. The fourth-order valence-electron chi connectivity index (χ4n) is 5.16. The number of nitrogens with two attached hydrogens (primary N) is 2. The van der Waals surface area contributed by atoms with Gasteiger partial charge in [0.15, 0.2) is 6.04 Å². The van der Waals surface area contributed by atoms with Crippen molar-refractivity contribution < 1.29 is 24.2 Å². The number of carbonyl (C=O) groups excluding carboxylic acids is 4. The Kier molecular flexibility index (Phi) is 11.4. The quantitative estimate of drug-likeness (QED) is 0.115. The highest BCUT2D eigenvalue weighted by Crippen LogP contribution is 2.38. The SMILES string of the molecule is CC[C@H]1NC(=O)[C@@H](CCCNC(N)N)[NH+]=C2N(C(=O)C(C)C)[C@@]2(C)CCCCNC(=O)[C@H](c2ccccc2)NC1=O. The van der Waals surface area contributed by atoms with Crippen molar-refractivity contribution in [2.24, 2.45) is 17.4 Å². The fraction of sp³-hybridized carbons (Fsp3) is 0.621. The number of benzene rings is 1. The maximum Gasteiger partial charge on any atom is 0.313 e. The summed E-state index contributed by atoms with van der Waals surface area (Å²) in [7, 11) is 0. The third-order valence-corrected chi connectivity index (χ3v) is 7.68. The van der Waals surface area contributed by atoms with E-state index in [4.69, 9.17) is 11.5 Å². The van der Waals surface area contributed by atoms with E-state index in [9.17, 15) is 19.2 Å². The van der Waals surface area contributed by atoms with E-state index in [0.29, 0.717) is 56.6 Å².